The Morgan fingerprint density at radius 1 is 0.800 bits per heavy atom. The second-order valence-corrected chi connectivity index (χ2v) is 6.75. The van der Waals surface area contributed by atoms with Crippen LogP contribution in [0, 0.1) is 5.41 Å². The highest BCUT2D eigenvalue weighted by Gasteiger charge is 2.37. The third-order valence-electron chi connectivity index (χ3n) is 4.27. The zero-order valence-electron chi connectivity index (χ0n) is 14.7. The first kappa shape index (κ1) is 19.5. The minimum Gasteiger partial charge on any atom is -0.459 e. The van der Waals surface area contributed by atoms with Crippen LogP contribution in [0.15, 0.2) is 0 Å². The monoisotopic (exact) mass is 284 g/mol. The molecule has 0 aromatic rings. The van der Waals surface area contributed by atoms with Gasteiger partial charge in [-0.15, -0.1) is 0 Å². The molecule has 0 radical (unpaired) electrons. The number of ether oxygens (including phenoxy) is 1. The van der Waals surface area contributed by atoms with Gasteiger partial charge in [0.05, 0.1) is 5.41 Å². The Labute approximate surface area is 126 Å². The van der Waals surface area contributed by atoms with Crippen LogP contribution in [-0.4, -0.2) is 11.6 Å². The summed E-state index contributed by atoms with van der Waals surface area (Å²) >= 11 is 0. The number of unbranched alkanes of at least 4 members (excludes halogenated alkanes) is 1. The Morgan fingerprint density at radius 3 is 1.70 bits per heavy atom. The van der Waals surface area contributed by atoms with E-state index in [0.717, 1.165) is 57.8 Å². The highest BCUT2D eigenvalue weighted by molar-refractivity contribution is 5.76. The summed E-state index contributed by atoms with van der Waals surface area (Å²) in [6.45, 7) is 12.8. The van der Waals surface area contributed by atoms with Crippen LogP contribution >= 0.6 is 0 Å². The van der Waals surface area contributed by atoms with Gasteiger partial charge in [-0.25, -0.2) is 0 Å². The lowest BCUT2D eigenvalue weighted by molar-refractivity contribution is -0.172. The van der Waals surface area contributed by atoms with E-state index >= 15 is 0 Å². The van der Waals surface area contributed by atoms with Gasteiger partial charge in [-0.2, -0.15) is 0 Å². The van der Waals surface area contributed by atoms with E-state index in [9.17, 15) is 4.79 Å². The first-order chi connectivity index (χ1) is 9.37. The SMILES string of the molecule is CCCCC(C)(CCC)C(=O)OC(C)(CCC)CCC. The summed E-state index contributed by atoms with van der Waals surface area (Å²) in [4.78, 5) is 12.7. The van der Waals surface area contributed by atoms with Gasteiger partial charge in [0.25, 0.3) is 0 Å². The maximum Gasteiger partial charge on any atom is 0.312 e. The van der Waals surface area contributed by atoms with Crippen LogP contribution < -0.4 is 0 Å². The fourth-order valence-corrected chi connectivity index (χ4v) is 3.08. The molecule has 0 fully saturated rings. The van der Waals surface area contributed by atoms with Crippen LogP contribution in [0.2, 0.25) is 0 Å². The van der Waals surface area contributed by atoms with E-state index in [4.69, 9.17) is 4.74 Å². The molecule has 0 amide bonds. The zero-order chi connectivity index (χ0) is 15.6. The molecule has 2 nitrogen and oxygen atoms in total. The van der Waals surface area contributed by atoms with E-state index in [2.05, 4.69) is 41.5 Å². The normalized spacial score (nSPS) is 14.9. The number of carbonyl (C=O) groups is 1. The van der Waals surface area contributed by atoms with Gasteiger partial charge in [-0.05, 0) is 39.5 Å². The van der Waals surface area contributed by atoms with Crippen molar-refractivity contribution in [2.75, 3.05) is 0 Å². The average Bonchev–Trinajstić information content (AvgIpc) is 2.37. The van der Waals surface area contributed by atoms with Gasteiger partial charge in [0.15, 0.2) is 0 Å². The van der Waals surface area contributed by atoms with Crippen molar-refractivity contribution in [3.05, 3.63) is 0 Å². The van der Waals surface area contributed by atoms with Crippen molar-refractivity contribution in [2.24, 2.45) is 5.41 Å². The van der Waals surface area contributed by atoms with E-state index in [-0.39, 0.29) is 17.0 Å². The van der Waals surface area contributed by atoms with Gasteiger partial charge in [-0.3, -0.25) is 4.79 Å². The fraction of sp³-hybridized carbons (Fsp3) is 0.944. The van der Waals surface area contributed by atoms with Crippen LogP contribution in [0.1, 0.15) is 99.3 Å². The van der Waals surface area contributed by atoms with Crippen molar-refractivity contribution < 1.29 is 9.53 Å². The predicted octanol–water partition coefficient (Wildman–Crippen LogP) is 5.89. The van der Waals surface area contributed by atoms with Crippen molar-refractivity contribution in [3.63, 3.8) is 0 Å². The van der Waals surface area contributed by atoms with E-state index in [1.807, 2.05) is 0 Å². The predicted molar refractivity (Wildman–Crippen MR) is 86.9 cm³/mol. The number of carbonyl (C=O) groups excluding carboxylic acids is 1. The summed E-state index contributed by atoms with van der Waals surface area (Å²) in [5.41, 5.74) is -0.574. The Bertz CT molecular complexity index is 267. The van der Waals surface area contributed by atoms with Crippen LogP contribution in [0.3, 0.4) is 0 Å². The molecule has 0 rings (SSSR count). The van der Waals surface area contributed by atoms with Gasteiger partial charge in [0.2, 0.25) is 0 Å². The van der Waals surface area contributed by atoms with Gasteiger partial charge in [0.1, 0.15) is 5.60 Å². The van der Waals surface area contributed by atoms with Crippen molar-refractivity contribution in [1.29, 1.82) is 0 Å². The summed E-state index contributed by atoms with van der Waals surface area (Å²) in [6, 6.07) is 0. The maximum atomic E-state index is 12.7. The van der Waals surface area contributed by atoms with Gasteiger partial charge in [0, 0.05) is 0 Å². The Morgan fingerprint density at radius 2 is 1.30 bits per heavy atom. The minimum absolute atomic E-state index is 0.0252. The van der Waals surface area contributed by atoms with E-state index in [0.29, 0.717) is 0 Å². The standard InChI is InChI=1S/C18H36O2/c1-7-11-15-17(5,12-8-2)16(19)20-18(6,13-9-3)14-10-4/h7-15H2,1-6H3. The summed E-state index contributed by atoms with van der Waals surface area (Å²) in [7, 11) is 0. The minimum atomic E-state index is -0.298. The van der Waals surface area contributed by atoms with E-state index in [1.54, 1.807) is 0 Å². The van der Waals surface area contributed by atoms with E-state index < -0.39 is 0 Å². The molecule has 0 bridgehead atoms. The Hall–Kier alpha value is -0.530. The lowest BCUT2D eigenvalue weighted by Crippen LogP contribution is -2.39. The Balaban J connectivity index is 4.86. The molecule has 0 aliphatic heterocycles. The smallest absolute Gasteiger partial charge is 0.312 e. The first-order valence-corrected chi connectivity index (χ1v) is 8.61. The van der Waals surface area contributed by atoms with Crippen molar-refractivity contribution in [3.8, 4) is 0 Å². The van der Waals surface area contributed by atoms with Crippen molar-refractivity contribution in [1.82, 2.24) is 0 Å². The lowest BCUT2D eigenvalue weighted by Gasteiger charge is -2.35. The van der Waals surface area contributed by atoms with Crippen LogP contribution in [0.25, 0.3) is 0 Å². The van der Waals surface area contributed by atoms with Crippen LogP contribution in [-0.2, 0) is 9.53 Å². The van der Waals surface area contributed by atoms with Crippen LogP contribution in [0.5, 0.6) is 0 Å². The molecule has 0 aromatic carbocycles. The third kappa shape index (κ3) is 6.28. The number of esters is 1. The molecule has 1 atom stereocenters. The molecule has 0 saturated carbocycles. The van der Waals surface area contributed by atoms with Crippen molar-refractivity contribution in [2.45, 2.75) is 105 Å². The molecular weight excluding hydrogens is 248 g/mol. The largest absolute Gasteiger partial charge is 0.459 e. The molecule has 20 heavy (non-hydrogen) atoms. The molecule has 0 saturated heterocycles. The second-order valence-electron chi connectivity index (χ2n) is 6.75. The summed E-state index contributed by atoms with van der Waals surface area (Å²) < 4.78 is 5.99. The van der Waals surface area contributed by atoms with Gasteiger partial charge < -0.3 is 4.74 Å². The topological polar surface area (TPSA) is 26.3 Å². The highest BCUT2D eigenvalue weighted by Crippen LogP contribution is 2.35. The molecule has 0 heterocycles. The summed E-state index contributed by atoms with van der Waals surface area (Å²) in [5.74, 6) is 0.0252. The summed E-state index contributed by atoms with van der Waals surface area (Å²) in [5, 5.41) is 0. The number of rotatable bonds is 11. The maximum absolute atomic E-state index is 12.7. The highest BCUT2D eigenvalue weighted by atomic mass is 16.6. The molecule has 0 aliphatic carbocycles. The number of hydrogen-bond donors (Lipinski definition) is 0. The molecule has 1 unspecified atom stereocenters. The molecule has 0 aliphatic rings. The molecular formula is C18H36O2. The molecule has 120 valence electrons. The molecule has 0 aromatic heterocycles. The summed E-state index contributed by atoms with van der Waals surface area (Å²) in [6.07, 6.45) is 9.19. The average molecular weight is 284 g/mol. The van der Waals surface area contributed by atoms with Crippen LogP contribution in [0.4, 0.5) is 0 Å². The van der Waals surface area contributed by atoms with Gasteiger partial charge in [-0.1, -0.05) is 59.8 Å². The third-order valence-corrected chi connectivity index (χ3v) is 4.27. The number of hydrogen-bond acceptors (Lipinski definition) is 2. The quantitative estimate of drug-likeness (QED) is 0.442. The first-order valence-electron chi connectivity index (χ1n) is 8.61. The fourth-order valence-electron chi connectivity index (χ4n) is 3.08. The lowest BCUT2D eigenvalue weighted by atomic mass is 9.80. The molecule has 2 heteroatoms. The van der Waals surface area contributed by atoms with Gasteiger partial charge >= 0.3 is 5.97 Å². The van der Waals surface area contributed by atoms with Crippen molar-refractivity contribution >= 4 is 5.97 Å². The second kappa shape index (κ2) is 9.41. The molecule has 0 N–H and O–H groups in total. The van der Waals surface area contributed by atoms with E-state index in [1.165, 1.54) is 0 Å². The Kier molecular flexibility index (Phi) is 9.16. The zero-order valence-corrected chi connectivity index (χ0v) is 14.7. The molecule has 0 spiro atoms.